The number of amidine groups is 1. The first-order valence-corrected chi connectivity index (χ1v) is 9.83. The van der Waals surface area contributed by atoms with Crippen molar-refractivity contribution in [2.24, 2.45) is 4.99 Å². The Bertz CT molecular complexity index is 1010. The van der Waals surface area contributed by atoms with Crippen LogP contribution >= 0.6 is 12.2 Å². The second kappa shape index (κ2) is 7.56. The second-order valence-electron chi connectivity index (χ2n) is 7.34. The molecule has 0 aliphatic carbocycles. The van der Waals surface area contributed by atoms with Crippen LogP contribution in [0.25, 0.3) is 0 Å². The zero-order chi connectivity index (χ0) is 19.6. The first-order chi connectivity index (χ1) is 13.6. The van der Waals surface area contributed by atoms with Gasteiger partial charge in [-0.2, -0.15) is 0 Å². The largest absolute Gasteiger partial charge is 0.342 e. The number of hydrogen-bond acceptors (Lipinski definition) is 2. The van der Waals surface area contributed by atoms with Gasteiger partial charge in [-0.05, 0) is 61.5 Å². The highest BCUT2D eigenvalue weighted by Crippen LogP contribution is 2.34. The van der Waals surface area contributed by atoms with Crippen LogP contribution in [0.5, 0.6) is 0 Å². The molecular weight excluding hydrogens is 362 g/mol. The Hall–Kier alpha value is -2.98. The van der Waals surface area contributed by atoms with Gasteiger partial charge in [0.05, 0.1) is 0 Å². The highest BCUT2D eigenvalue weighted by Gasteiger charge is 2.45. The number of para-hydroxylation sites is 1. The zero-order valence-electron chi connectivity index (χ0n) is 16.1. The third-order valence-corrected chi connectivity index (χ3v) is 5.36. The van der Waals surface area contributed by atoms with Crippen molar-refractivity contribution >= 4 is 34.5 Å². The van der Waals surface area contributed by atoms with Gasteiger partial charge in [-0.1, -0.05) is 60.7 Å². The molecule has 28 heavy (non-hydrogen) atoms. The van der Waals surface area contributed by atoms with Gasteiger partial charge < -0.3 is 10.2 Å². The third kappa shape index (κ3) is 3.56. The summed E-state index contributed by atoms with van der Waals surface area (Å²) in [4.78, 5) is 6.94. The minimum atomic E-state index is -0.413. The van der Waals surface area contributed by atoms with Crippen molar-refractivity contribution in [2.75, 3.05) is 10.2 Å². The van der Waals surface area contributed by atoms with Crippen LogP contribution in [-0.4, -0.2) is 16.5 Å². The number of benzene rings is 3. The van der Waals surface area contributed by atoms with E-state index in [0.29, 0.717) is 5.11 Å². The van der Waals surface area contributed by atoms with Crippen molar-refractivity contribution < 1.29 is 0 Å². The Morgan fingerprint density at radius 1 is 0.929 bits per heavy atom. The molecule has 1 aliphatic heterocycles. The molecule has 1 aliphatic rings. The molecule has 0 saturated carbocycles. The first-order valence-electron chi connectivity index (χ1n) is 9.42. The molecule has 140 valence electrons. The van der Waals surface area contributed by atoms with Gasteiger partial charge in [-0.15, -0.1) is 0 Å². The first kappa shape index (κ1) is 18.4. The molecule has 0 bridgehead atoms. The van der Waals surface area contributed by atoms with Crippen LogP contribution in [0.3, 0.4) is 0 Å². The van der Waals surface area contributed by atoms with Crippen LogP contribution in [-0.2, 0) is 6.42 Å². The molecule has 1 heterocycles. The smallest absolute Gasteiger partial charge is 0.202 e. The number of nitrogens with zero attached hydrogens (tertiary/aromatic N) is 2. The maximum atomic E-state index is 5.71. The van der Waals surface area contributed by atoms with E-state index in [1.54, 1.807) is 0 Å². The monoisotopic (exact) mass is 385 g/mol. The topological polar surface area (TPSA) is 27.6 Å². The average molecular weight is 386 g/mol. The van der Waals surface area contributed by atoms with Crippen LogP contribution in [0.1, 0.15) is 18.1 Å². The number of aliphatic imine (C=N–C) groups is 1. The summed E-state index contributed by atoms with van der Waals surface area (Å²) in [7, 11) is 0. The van der Waals surface area contributed by atoms with E-state index in [1.807, 2.05) is 24.3 Å². The van der Waals surface area contributed by atoms with Gasteiger partial charge in [0, 0.05) is 17.8 Å². The minimum absolute atomic E-state index is 0.413. The Labute approximate surface area is 171 Å². The molecule has 1 N–H and O–H groups in total. The van der Waals surface area contributed by atoms with E-state index in [0.717, 1.165) is 23.6 Å². The van der Waals surface area contributed by atoms with E-state index >= 15 is 0 Å². The van der Waals surface area contributed by atoms with E-state index in [-0.39, 0.29) is 0 Å². The van der Waals surface area contributed by atoms with Crippen LogP contribution in [0, 0.1) is 6.92 Å². The number of thiocarbonyl (C=S) groups is 1. The summed E-state index contributed by atoms with van der Waals surface area (Å²) in [6.07, 6.45) is 0.792. The maximum Gasteiger partial charge on any atom is 0.202 e. The zero-order valence-corrected chi connectivity index (χ0v) is 16.9. The second-order valence-corrected chi connectivity index (χ2v) is 7.71. The highest BCUT2D eigenvalue weighted by molar-refractivity contribution is 7.80. The van der Waals surface area contributed by atoms with Gasteiger partial charge in [0.25, 0.3) is 0 Å². The molecule has 0 radical (unpaired) electrons. The lowest BCUT2D eigenvalue weighted by Gasteiger charge is -2.37. The van der Waals surface area contributed by atoms with E-state index in [2.05, 4.69) is 84.7 Å². The van der Waals surface area contributed by atoms with E-state index in [4.69, 9.17) is 17.2 Å². The molecule has 0 aromatic heterocycles. The predicted octanol–water partition coefficient (Wildman–Crippen LogP) is 5.61. The quantitative estimate of drug-likeness (QED) is 0.591. The molecule has 0 saturated heterocycles. The highest BCUT2D eigenvalue weighted by atomic mass is 32.1. The van der Waals surface area contributed by atoms with Crippen molar-refractivity contribution in [1.29, 1.82) is 0 Å². The standard InChI is InChI=1S/C24H23N3S/c1-18-10-9-13-20(16-18)25-22-24(2,17-19-11-5-3-6-12-19)27(23(28)26-22)21-14-7-4-8-15-21/h3-16H,17H2,1-2H3,(H,25,26,28). The molecule has 0 fully saturated rings. The molecule has 1 unspecified atom stereocenters. The Morgan fingerprint density at radius 3 is 2.29 bits per heavy atom. The molecule has 0 amide bonds. The summed E-state index contributed by atoms with van der Waals surface area (Å²) in [6, 6.07) is 29.1. The van der Waals surface area contributed by atoms with Crippen molar-refractivity contribution in [3.05, 3.63) is 96.1 Å². The lowest BCUT2D eigenvalue weighted by Crippen LogP contribution is -2.53. The summed E-state index contributed by atoms with van der Waals surface area (Å²) in [5.74, 6) is 0.871. The van der Waals surface area contributed by atoms with Crippen molar-refractivity contribution in [3.8, 4) is 0 Å². The molecule has 3 nitrogen and oxygen atoms in total. The Kier molecular flexibility index (Phi) is 4.97. The van der Waals surface area contributed by atoms with E-state index in [1.165, 1.54) is 11.1 Å². The fourth-order valence-corrected chi connectivity index (χ4v) is 4.13. The lowest BCUT2D eigenvalue weighted by atomic mass is 9.89. The molecular formula is C24H23N3S. The molecule has 3 aromatic rings. The van der Waals surface area contributed by atoms with Crippen LogP contribution < -0.4 is 10.2 Å². The van der Waals surface area contributed by atoms with Gasteiger partial charge in [0.2, 0.25) is 5.11 Å². The predicted molar refractivity (Wildman–Crippen MR) is 122 cm³/mol. The molecule has 4 rings (SSSR count). The number of aryl methyl sites for hydroxylation is 1. The SMILES string of the molecule is Cc1cccc(NC2=NC(=S)N(c3ccccc3)C2(C)Cc2ccccc2)c1. The maximum absolute atomic E-state index is 5.71. The van der Waals surface area contributed by atoms with Crippen LogP contribution in [0.15, 0.2) is 89.9 Å². The molecule has 0 spiro atoms. The summed E-state index contributed by atoms with van der Waals surface area (Å²) in [6.45, 7) is 4.29. The molecule has 3 aromatic carbocycles. The van der Waals surface area contributed by atoms with Crippen LogP contribution in [0.2, 0.25) is 0 Å². The number of nitrogens with one attached hydrogen (secondary N) is 1. The van der Waals surface area contributed by atoms with Gasteiger partial charge in [-0.25, -0.2) is 4.99 Å². The van der Waals surface area contributed by atoms with Crippen molar-refractivity contribution in [3.63, 3.8) is 0 Å². The number of rotatable bonds is 4. The minimum Gasteiger partial charge on any atom is -0.342 e. The summed E-state index contributed by atoms with van der Waals surface area (Å²) < 4.78 is 0. The lowest BCUT2D eigenvalue weighted by molar-refractivity contribution is 0.626. The van der Waals surface area contributed by atoms with Gasteiger partial charge >= 0.3 is 0 Å². The van der Waals surface area contributed by atoms with Crippen molar-refractivity contribution in [2.45, 2.75) is 25.8 Å². The Balaban J connectivity index is 1.75. The van der Waals surface area contributed by atoms with Gasteiger partial charge in [-0.3, -0.25) is 0 Å². The van der Waals surface area contributed by atoms with E-state index in [9.17, 15) is 0 Å². The summed E-state index contributed by atoms with van der Waals surface area (Å²) in [5.41, 5.74) is 4.11. The Morgan fingerprint density at radius 2 is 1.61 bits per heavy atom. The third-order valence-electron chi connectivity index (χ3n) is 5.09. The summed E-state index contributed by atoms with van der Waals surface area (Å²) in [5, 5.41) is 4.13. The number of hydrogen-bond donors (Lipinski definition) is 1. The molecule has 1 atom stereocenters. The summed E-state index contributed by atoms with van der Waals surface area (Å²) >= 11 is 5.71. The number of anilines is 2. The van der Waals surface area contributed by atoms with Crippen molar-refractivity contribution in [1.82, 2.24) is 0 Å². The van der Waals surface area contributed by atoms with E-state index < -0.39 is 5.54 Å². The average Bonchev–Trinajstić information content (AvgIpc) is 2.92. The normalized spacial score (nSPS) is 18.9. The fourth-order valence-electron chi connectivity index (χ4n) is 3.73. The van der Waals surface area contributed by atoms with Gasteiger partial charge in [0.15, 0.2) is 0 Å². The molecule has 4 heteroatoms. The van der Waals surface area contributed by atoms with Gasteiger partial charge in [0.1, 0.15) is 11.4 Å². The van der Waals surface area contributed by atoms with Crippen LogP contribution in [0.4, 0.5) is 11.4 Å². The fraction of sp³-hybridized carbons (Fsp3) is 0.167.